The standard InChI is InChI=1S/C14H20ClNO2/c1-5-6-9-16-11(14(2,3)4)8-7-10(12(15)17)13(16)18/h7-8H,5-6,9H2,1-4H3. The molecule has 0 N–H and O–H groups in total. The molecule has 0 aliphatic carbocycles. The highest BCUT2D eigenvalue weighted by Crippen LogP contribution is 2.21. The molecule has 0 radical (unpaired) electrons. The molecule has 1 aromatic heterocycles. The van der Waals surface area contributed by atoms with Crippen molar-refractivity contribution in [1.82, 2.24) is 4.57 Å². The van der Waals surface area contributed by atoms with Crippen LogP contribution in [0.25, 0.3) is 0 Å². The molecule has 0 aromatic carbocycles. The SMILES string of the molecule is CCCCn1c(C(C)(C)C)ccc(C(=O)Cl)c1=O. The first-order valence-electron chi connectivity index (χ1n) is 6.23. The average Bonchev–Trinajstić information content (AvgIpc) is 2.25. The van der Waals surface area contributed by atoms with Crippen molar-refractivity contribution in [1.29, 1.82) is 0 Å². The minimum absolute atomic E-state index is 0.0563. The van der Waals surface area contributed by atoms with E-state index in [1.54, 1.807) is 4.57 Å². The van der Waals surface area contributed by atoms with Crippen molar-refractivity contribution >= 4 is 16.8 Å². The quantitative estimate of drug-likeness (QED) is 0.787. The van der Waals surface area contributed by atoms with Crippen molar-refractivity contribution in [3.8, 4) is 0 Å². The van der Waals surface area contributed by atoms with Crippen LogP contribution < -0.4 is 5.56 Å². The minimum Gasteiger partial charge on any atom is -0.311 e. The first kappa shape index (κ1) is 15.0. The Bertz CT molecular complexity index is 497. The van der Waals surface area contributed by atoms with E-state index in [1.165, 1.54) is 6.07 Å². The average molecular weight is 270 g/mol. The zero-order valence-corrected chi connectivity index (χ0v) is 12.2. The second-order valence-corrected chi connectivity index (χ2v) is 5.81. The number of unbranched alkanes of at least 4 members (excludes halogenated alkanes) is 1. The van der Waals surface area contributed by atoms with Crippen LogP contribution in [0.15, 0.2) is 16.9 Å². The van der Waals surface area contributed by atoms with Gasteiger partial charge in [-0.05, 0) is 30.2 Å². The fraction of sp³-hybridized carbons (Fsp3) is 0.571. The van der Waals surface area contributed by atoms with E-state index in [9.17, 15) is 9.59 Å². The van der Waals surface area contributed by atoms with Gasteiger partial charge < -0.3 is 4.57 Å². The summed E-state index contributed by atoms with van der Waals surface area (Å²) in [7, 11) is 0. The topological polar surface area (TPSA) is 39.1 Å². The smallest absolute Gasteiger partial charge is 0.262 e. The molecule has 1 aromatic rings. The molecule has 4 heteroatoms. The molecule has 0 unspecified atom stereocenters. The van der Waals surface area contributed by atoms with E-state index in [4.69, 9.17) is 11.6 Å². The predicted molar refractivity (Wildman–Crippen MR) is 74.5 cm³/mol. The summed E-state index contributed by atoms with van der Waals surface area (Å²) in [5.74, 6) is 0. The zero-order valence-electron chi connectivity index (χ0n) is 11.4. The molecule has 1 heterocycles. The predicted octanol–water partition coefficient (Wildman–Crippen LogP) is 3.32. The molecule has 1 rings (SSSR count). The van der Waals surface area contributed by atoms with Gasteiger partial charge in [0.1, 0.15) is 0 Å². The van der Waals surface area contributed by atoms with Crippen LogP contribution in [0.2, 0.25) is 0 Å². The third-order valence-corrected chi connectivity index (χ3v) is 3.09. The molecule has 0 saturated heterocycles. The van der Waals surface area contributed by atoms with Gasteiger partial charge in [-0.1, -0.05) is 34.1 Å². The van der Waals surface area contributed by atoms with Crippen LogP contribution in [0, 0.1) is 0 Å². The Morgan fingerprint density at radius 1 is 1.33 bits per heavy atom. The maximum absolute atomic E-state index is 12.2. The summed E-state index contributed by atoms with van der Waals surface area (Å²) < 4.78 is 1.68. The molecular formula is C14H20ClNO2. The molecule has 0 saturated carbocycles. The van der Waals surface area contributed by atoms with E-state index >= 15 is 0 Å². The lowest BCUT2D eigenvalue weighted by Crippen LogP contribution is -2.32. The first-order chi connectivity index (χ1) is 8.29. The van der Waals surface area contributed by atoms with Crippen LogP contribution in [-0.2, 0) is 12.0 Å². The highest BCUT2D eigenvalue weighted by molar-refractivity contribution is 6.67. The third kappa shape index (κ3) is 3.22. The molecule has 0 aliphatic rings. The van der Waals surface area contributed by atoms with E-state index in [2.05, 4.69) is 6.92 Å². The van der Waals surface area contributed by atoms with Crippen molar-refractivity contribution in [2.24, 2.45) is 0 Å². The molecule has 3 nitrogen and oxygen atoms in total. The van der Waals surface area contributed by atoms with E-state index in [-0.39, 0.29) is 16.5 Å². The number of pyridine rings is 1. The van der Waals surface area contributed by atoms with E-state index in [0.29, 0.717) is 6.54 Å². The Hall–Kier alpha value is -1.09. The number of aromatic nitrogens is 1. The summed E-state index contributed by atoms with van der Waals surface area (Å²) in [6.45, 7) is 8.84. The molecule has 0 spiro atoms. The zero-order chi connectivity index (χ0) is 13.9. The Morgan fingerprint density at radius 3 is 2.39 bits per heavy atom. The van der Waals surface area contributed by atoms with Crippen LogP contribution in [0.5, 0.6) is 0 Å². The summed E-state index contributed by atoms with van der Waals surface area (Å²) >= 11 is 5.43. The normalized spacial score (nSPS) is 11.6. The lowest BCUT2D eigenvalue weighted by atomic mass is 9.90. The molecule has 0 bridgehead atoms. The molecule has 0 fully saturated rings. The molecule has 0 amide bonds. The van der Waals surface area contributed by atoms with E-state index in [1.807, 2.05) is 26.8 Å². The van der Waals surface area contributed by atoms with Gasteiger partial charge in [0.15, 0.2) is 0 Å². The number of rotatable bonds is 4. The highest BCUT2D eigenvalue weighted by Gasteiger charge is 2.21. The van der Waals surface area contributed by atoms with Crippen molar-refractivity contribution in [3.63, 3.8) is 0 Å². The van der Waals surface area contributed by atoms with Gasteiger partial charge in [-0.15, -0.1) is 0 Å². The second-order valence-electron chi connectivity index (χ2n) is 5.47. The Morgan fingerprint density at radius 2 is 1.94 bits per heavy atom. The monoisotopic (exact) mass is 269 g/mol. The number of carbonyl (C=O) groups excluding carboxylic acids is 1. The summed E-state index contributed by atoms with van der Waals surface area (Å²) in [6, 6.07) is 3.35. The van der Waals surface area contributed by atoms with Crippen molar-refractivity contribution in [2.75, 3.05) is 0 Å². The van der Waals surface area contributed by atoms with E-state index in [0.717, 1.165) is 18.5 Å². The van der Waals surface area contributed by atoms with Crippen LogP contribution >= 0.6 is 11.6 Å². The van der Waals surface area contributed by atoms with Gasteiger partial charge in [0, 0.05) is 17.7 Å². The van der Waals surface area contributed by atoms with Gasteiger partial charge in [0.25, 0.3) is 10.8 Å². The molecule has 18 heavy (non-hydrogen) atoms. The lowest BCUT2D eigenvalue weighted by molar-refractivity contribution is 0.107. The van der Waals surface area contributed by atoms with Crippen LogP contribution in [0.4, 0.5) is 0 Å². The summed E-state index contributed by atoms with van der Waals surface area (Å²) in [4.78, 5) is 23.4. The summed E-state index contributed by atoms with van der Waals surface area (Å²) in [5, 5.41) is -0.689. The fourth-order valence-corrected chi connectivity index (χ4v) is 2.06. The van der Waals surface area contributed by atoms with Crippen LogP contribution in [0.3, 0.4) is 0 Å². The number of hydrogen-bond acceptors (Lipinski definition) is 2. The fourth-order valence-electron chi connectivity index (χ4n) is 1.92. The van der Waals surface area contributed by atoms with Crippen LogP contribution in [-0.4, -0.2) is 9.81 Å². The van der Waals surface area contributed by atoms with Crippen molar-refractivity contribution in [3.05, 3.63) is 33.7 Å². The summed E-state index contributed by atoms with van der Waals surface area (Å²) in [6.07, 6.45) is 1.90. The maximum atomic E-state index is 12.2. The van der Waals surface area contributed by atoms with E-state index < -0.39 is 5.24 Å². The van der Waals surface area contributed by atoms with Crippen LogP contribution in [0.1, 0.15) is 56.6 Å². The van der Waals surface area contributed by atoms with Crippen molar-refractivity contribution < 1.29 is 4.79 Å². The van der Waals surface area contributed by atoms with Gasteiger partial charge in [-0.2, -0.15) is 0 Å². The minimum atomic E-state index is -0.689. The number of hydrogen-bond donors (Lipinski definition) is 0. The second kappa shape index (κ2) is 5.70. The molecule has 0 aliphatic heterocycles. The third-order valence-electron chi connectivity index (χ3n) is 2.89. The lowest BCUT2D eigenvalue weighted by Gasteiger charge is -2.24. The highest BCUT2D eigenvalue weighted by atomic mass is 35.5. The van der Waals surface area contributed by atoms with Crippen molar-refractivity contribution in [2.45, 2.75) is 52.5 Å². The largest absolute Gasteiger partial charge is 0.311 e. The number of nitrogens with zero attached hydrogens (tertiary/aromatic N) is 1. The number of carbonyl (C=O) groups is 1. The Kier molecular flexibility index (Phi) is 4.74. The van der Waals surface area contributed by atoms with Gasteiger partial charge in [0.05, 0.1) is 5.56 Å². The molecular weight excluding hydrogens is 250 g/mol. The molecule has 100 valence electrons. The Labute approximate surface area is 113 Å². The van der Waals surface area contributed by atoms with Gasteiger partial charge in [0.2, 0.25) is 0 Å². The molecule has 0 atom stereocenters. The van der Waals surface area contributed by atoms with Gasteiger partial charge in [-0.25, -0.2) is 0 Å². The van der Waals surface area contributed by atoms with Gasteiger partial charge in [-0.3, -0.25) is 9.59 Å². The first-order valence-corrected chi connectivity index (χ1v) is 6.61. The van der Waals surface area contributed by atoms with Gasteiger partial charge >= 0.3 is 0 Å². The number of halogens is 1. The summed E-state index contributed by atoms with van der Waals surface area (Å²) in [5.41, 5.74) is 0.570. The maximum Gasteiger partial charge on any atom is 0.262 e. The Balaban J connectivity index is 3.42.